The number of guanidine groups is 1. The van der Waals surface area contributed by atoms with Crippen LogP contribution in [-0.2, 0) is 0 Å². The van der Waals surface area contributed by atoms with Crippen molar-refractivity contribution in [1.29, 1.82) is 0 Å². The zero-order valence-electron chi connectivity index (χ0n) is 15.5. The Balaban J connectivity index is 0.00000210. The molecular weight excluding hydrogens is 453 g/mol. The lowest BCUT2D eigenvalue weighted by molar-refractivity contribution is 0.297. The minimum Gasteiger partial charge on any atom is -0.490 e. The Morgan fingerprint density at radius 2 is 1.81 bits per heavy atom. The summed E-state index contributed by atoms with van der Waals surface area (Å²) in [6.07, 6.45) is 2.99. The topological polar surface area (TPSA) is 68.9 Å². The van der Waals surface area contributed by atoms with E-state index in [1.165, 1.54) is 11.1 Å². The highest BCUT2D eigenvalue weighted by Gasteiger charge is 2.31. The number of nitrogens with one attached hydrogen (secondary N) is 1. The summed E-state index contributed by atoms with van der Waals surface area (Å²) in [4.78, 5) is 4.62. The van der Waals surface area contributed by atoms with Gasteiger partial charge in [-0.25, -0.2) is 4.99 Å². The van der Waals surface area contributed by atoms with Crippen LogP contribution in [0.15, 0.2) is 47.5 Å². The number of nitrogens with zero attached hydrogens (tertiary/aromatic N) is 1. The average molecular weight is 479 g/mol. The molecule has 0 saturated heterocycles. The molecule has 4 rings (SSSR count). The molecule has 2 aliphatic rings. The Labute approximate surface area is 177 Å². The number of halogens is 1. The molecule has 144 valence electrons. The lowest BCUT2D eigenvalue weighted by atomic mass is 9.75. The van der Waals surface area contributed by atoms with Gasteiger partial charge in [0.25, 0.3) is 0 Å². The summed E-state index contributed by atoms with van der Waals surface area (Å²) in [5.41, 5.74) is 9.77. The number of aryl methyl sites for hydroxylation is 1. The van der Waals surface area contributed by atoms with Gasteiger partial charge in [-0.05, 0) is 48.9 Å². The van der Waals surface area contributed by atoms with Crippen LogP contribution in [0, 0.1) is 6.92 Å². The number of hydrogen-bond donors (Lipinski definition) is 2. The van der Waals surface area contributed by atoms with E-state index in [2.05, 4.69) is 41.5 Å². The Kier molecular flexibility index (Phi) is 6.46. The number of aliphatic imine (C=N–C) groups is 1. The SMILES string of the molecule is Cc1ccccc1C1CC(N=C(N)Nc2ccc3c(c2)OCCCO3)C1.I. The van der Waals surface area contributed by atoms with E-state index in [0.29, 0.717) is 25.1 Å². The summed E-state index contributed by atoms with van der Waals surface area (Å²) >= 11 is 0. The van der Waals surface area contributed by atoms with Crippen LogP contribution in [0.3, 0.4) is 0 Å². The molecule has 1 aliphatic heterocycles. The van der Waals surface area contributed by atoms with Gasteiger partial charge in [0.2, 0.25) is 0 Å². The second-order valence-corrected chi connectivity index (χ2v) is 7.03. The molecule has 3 N–H and O–H groups in total. The van der Waals surface area contributed by atoms with E-state index in [-0.39, 0.29) is 30.0 Å². The Morgan fingerprint density at radius 3 is 2.59 bits per heavy atom. The van der Waals surface area contributed by atoms with E-state index in [1.807, 2.05) is 18.2 Å². The molecule has 2 aromatic rings. The average Bonchev–Trinajstić information content (AvgIpc) is 2.83. The van der Waals surface area contributed by atoms with E-state index in [0.717, 1.165) is 36.4 Å². The second-order valence-electron chi connectivity index (χ2n) is 7.03. The molecule has 0 amide bonds. The summed E-state index contributed by atoms with van der Waals surface area (Å²) in [6.45, 7) is 3.53. The zero-order valence-corrected chi connectivity index (χ0v) is 17.8. The van der Waals surface area contributed by atoms with Gasteiger partial charge in [-0.3, -0.25) is 0 Å². The summed E-state index contributed by atoms with van der Waals surface area (Å²) in [5, 5.41) is 3.17. The highest BCUT2D eigenvalue weighted by molar-refractivity contribution is 14.0. The van der Waals surface area contributed by atoms with E-state index in [4.69, 9.17) is 15.2 Å². The zero-order chi connectivity index (χ0) is 17.9. The predicted octanol–water partition coefficient (Wildman–Crippen LogP) is 4.45. The van der Waals surface area contributed by atoms with Crippen molar-refractivity contribution in [2.24, 2.45) is 10.7 Å². The summed E-state index contributed by atoms with van der Waals surface area (Å²) in [6, 6.07) is 14.6. The first kappa shape index (κ1) is 19.8. The number of rotatable bonds is 3. The summed E-state index contributed by atoms with van der Waals surface area (Å²) in [5.74, 6) is 2.58. The Hall–Kier alpha value is -1.96. The van der Waals surface area contributed by atoms with Gasteiger partial charge in [-0.1, -0.05) is 24.3 Å². The fourth-order valence-electron chi connectivity index (χ4n) is 3.61. The number of benzene rings is 2. The van der Waals surface area contributed by atoms with Gasteiger partial charge < -0.3 is 20.5 Å². The van der Waals surface area contributed by atoms with E-state index in [9.17, 15) is 0 Å². The second kappa shape index (κ2) is 8.82. The number of anilines is 1. The number of nitrogens with two attached hydrogens (primary N) is 1. The highest BCUT2D eigenvalue weighted by atomic mass is 127. The molecule has 0 radical (unpaired) electrons. The van der Waals surface area contributed by atoms with Crippen LogP contribution in [0.4, 0.5) is 5.69 Å². The Morgan fingerprint density at radius 1 is 1.07 bits per heavy atom. The van der Waals surface area contributed by atoms with Crippen LogP contribution in [-0.4, -0.2) is 25.2 Å². The molecule has 0 atom stereocenters. The summed E-state index contributed by atoms with van der Waals surface area (Å²) < 4.78 is 11.4. The minimum atomic E-state index is 0. The molecule has 5 nitrogen and oxygen atoms in total. The molecule has 0 bridgehead atoms. The highest BCUT2D eigenvalue weighted by Crippen LogP contribution is 2.40. The van der Waals surface area contributed by atoms with Gasteiger partial charge in [0.05, 0.1) is 19.3 Å². The van der Waals surface area contributed by atoms with Gasteiger partial charge in [0.1, 0.15) is 0 Å². The Bertz CT molecular complexity index is 819. The lowest BCUT2D eigenvalue weighted by Crippen LogP contribution is -2.31. The first-order valence-electron chi connectivity index (χ1n) is 9.24. The van der Waals surface area contributed by atoms with Crippen molar-refractivity contribution in [2.45, 2.75) is 38.1 Å². The van der Waals surface area contributed by atoms with E-state index < -0.39 is 0 Å². The molecule has 6 heteroatoms. The van der Waals surface area contributed by atoms with Crippen molar-refractivity contribution in [1.82, 2.24) is 0 Å². The maximum atomic E-state index is 6.10. The van der Waals surface area contributed by atoms with Gasteiger partial charge in [0, 0.05) is 18.2 Å². The number of hydrogen-bond acceptors (Lipinski definition) is 3. The van der Waals surface area contributed by atoms with Crippen molar-refractivity contribution in [3.8, 4) is 11.5 Å². The molecule has 1 aliphatic carbocycles. The number of fused-ring (bicyclic) bond motifs is 1. The third kappa shape index (κ3) is 4.66. The third-order valence-corrected chi connectivity index (χ3v) is 5.08. The van der Waals surface area contributed by atoms with Crippen LogP contribution in [0.2, 0.25) is 0 Å². The molecule has 0 spiro atoms. The molecule has 1 fully saturated rings. The lowest BCUT2D eigenvalue weighted by Gasteiger charge is -2.34. The van der Waals surface area contributed by atoms with Crippen molar-refractivity contribution in [2.75, 3.05) is 18.5 Å². The largest absolute Gasteiger partial charge is 0.490 e. The fraction of sp³-hybridized carbons (Fsp3) is 0.381. The molecule has 0 aromatic heterocycles. The quantitative estimate of drug-likeness (QED) is 0.388. The minimum absolute atomic E-state index is 0. The van der Waals surface area contributed by atoms with Crippen LogP contribution in [0.1, 0.15) is 36.3 Å². The monoisotopic (exact) mass is 479 g/mol. The maximum absolute atomic E-state index is 6.10. The standard InChI is InChI=1S/C21H25N3O2.HI/c1-14-5-2-3-6-18(14)15-11-17(12-15)24-21(22)23-16-7-8-19-20(13-16)26-10-4-9-25-19;/h2-3,5-8,13,15,17H,4,9-12H2,1H3,(H3,22,23,24);1H. The van der Waals surface area contributed by atoms with Crippen molar-refractivity contribution < 1.29 is 9.47 Å². The first-order valence-corrected chi connectivity index (χ1v) is 9.24. The first-order chi connectivity index (χ1) is 12.7. The van der Waals surface area contributed by atoms with Gasteiger partial charge in [-0.15, -0.1) is 24.0 Å². The van der Waals surface area contributed by atoms with Gasteiger partial charge >= 0.3 is 0 Å². The molecular formula is C21H26IN3O2. The van der Waals surface area contributed by atoms with E-state index >= 15 is 0 Å². The smallest absolute Gasteiger partial charge is 0.193 e. The van der Waals surface area contributed by atoms with Gasteiger partial charge in [-0.2, -0.15) is 0 Å². The fourth-order valence-corrected chi connectivity index (χ4v) is 3.61. The maximum Gasteiger partial charge on any atom is 0.193 e. The van der Waals surface area contributed by atoms with Crippen molar-refractivity contribution in [3.05, 3.63) is 53.6 Å². The predicted molar refractivity (Wildman–Crippen MR) is 120 cm³/mol. The summed E-state index contributed by atoms with van der Waals surface area (Å²) in [7, 11) is 0. The van der Waals surface area contributed by atoms with E-state index in [1.54, 1.807) is 0 Å². The van der Waals surface area contributed by atoms with Crippen molar-refractivity contribution in [3.63, 3.8) is 0 Å². The number of ether oxygens (including phenoxy) is 2. The van der Waals surface area contributed by atoms with Crippen LogP contribution in [0.25, 0.3) is 0 Å². The normalized spacial score (nSPS) is 21.4. The molecule has 2 aromatic carbocycles. The third-order valence-electron chi connectivity index (χ3n) is 5.08. The van der Waals surface area contributed by atoms with Gasteiger partial charge in [0.15, 0.2) is 17.5 Å². The van der Waals surface area contributed by atoms with Crippen molar-refractivity contribution >= 4 is 35.6 Å². The molecule has 1 saturated carbocycles. The molecule has 0 unspecified atom stereocenters. The molecule has 1 heterocycles. The van der Waals surface area contributed by atoms with Crippen LogP contribution < -0.4 is 20.5 Å². The molecule has 27 heavy (non-hydrogen) atoms. The van der Waals surface area contributed by atoms with Crippen LogP contribution >= 0.6 is 24.0 Å². The van der Waals surface area contributed by atoms with Crippen LogP contribution in [0.5, 0.6) is 11.5 Å².